The molecule has 1 aliphatic rings. The number of phenolic OH excluding ortho intramolecular Hbond substituents is 1. The van der Waals surface area contributed by atoms with Crippen molar-refractivity contribution in [1.82, 2.24) is 20.5 Å². The van der Waals surface area contributed by atoms with Crippen LogP contribution in [0.4, 0.5) is 5.82 Å². The fraction of sp³-hybridized carbons (Fsp3) is 0.500. The highest BCUT2D eigenvalue weighted by Gasteiger charge is 2.39. The van der Waals surface area contributed by atoms with Crippen molar-refractivity contribution in [3.63, 3.8) is 0 Å². The summed E-state index contributed by atoms with van der Waals surface area (Å²) in [5.74, 6) is 1.40. The van der Waals surface area contributed by atoms with Crippen LogP contribution in [-0.4, -0.2) is 44.5 Å². The zero-order valence-corrected chi connectivity index (χ0v) is 20.3. The molecule has 2 aromatic heterocycles. The lowest BCUT2D eigenvalue weighted by molar-refractivity contribution is 0.160. The highest BCUT2D eigenvalue weighted by molar-refractivity contribution is 5.87. The van der Waals surface area contributed by atoms with Crippen molar-refractivity contribution in [1.29, 1.82) is 0 Å². The predicted molar refractivity (Wildman–Crippen MR) is 131 cm³/mol. The van der Waals surface area contributed by atoms with Gasteiger partial charge in [0.2, 0.25) is 0 Å². The van der Waals surface area contributed by atoms with Crippen LogP contribution in [0.25, 0.3) is 22.2 Å². The third kappa shape index (κ3) is 4.56. The van der Waals surface area contributed by atoms with Crippen LogP contribution in [0.3, 0.4) is 0 Å². The molecular weight excluding hydrogens is 398 g/mol. The maximum absolute atomic E-state index is 10.6. The second-order valence-electron chi connectivity index (χ2n) is 10.8. The molecule has 0 amide bonds. The van der Waals surface area contributed by atoms with E-state index < -0.39 is 0 Å². The maximum atomic E-state index is 10.6. The monoisotopic (exact) mass is 433 g/mol. The number of phenols is 1. The van der Waals surface area contributed by atoms with E-state index in [4.69, 9.17) is 0 Å². The molecule has 1 saturated heterocycles. The molecule has 4 rings (SSSR count). The quantitative estimate of drug-likeness (QED) is 0.584. The van der Waals surface area contributed by atoms with Crippen LogP contribution < -0.4 is 10.2 Å². The molecule has 3 heterocycles. The van der Waals surface area contributed by atoms with E-state index in [1.807, 2.05) is 24.4 Å². The van der Waals surface area contributed by atoms with Crippen molar-refractivity contribution < 1.29 is 5.11 Å². The number of nitrogens with one attached hydrogen (secondary N) is 1. The molecule has 1 fully saturated rings. The first-order valence-electron chi connectivity index (χ1n) is 11.4. The minimum Gasteiger partial charge on any atom is -0.507 e. The van der Waals surface area contributed by atoms with Gasteiger partial charge in [0, 0.05) is 47.4 Å². The summed E-state index contributed by atoms with van der Waals surface area (Å²) in [7, 11) is 2.10. The summed E-state index contributed by atoms with van der Waals surface area (Å²) in [5.41, 5.74) is 3.40. The fourth-order valence-corrected chi connectivity index (χ4v) is 5.09. The average molecular weight is 434 g/mol. The lowest BCUT2D eigenvalue weighted by atomic mass is 9.79. The Labute approximate surface area is 191 Å². The molecule has 0 bridgehead atoms. The number of benzene rings is 1. The van der Waals surface area contributed by atoms with Crippen LogP contribution in [0, 0.1) is 0 Å². The van der Waals surface area contributed by atoms with E-state index in [0.717, 1.165) is 29.6 Å². The Morgan fingerprint density at radius 3 is 2.31 bits per heavy atom. The van der Waals surface area contributed by atoms with Crippen LogP contribution in [0.15, 0.2) is 36.5 Å². The lowest BCUT2D eigenvalue weighted by Crippen LogP contribution is -2.62. The minimum atomic E-state index is 0.0633. The lowest BCUT2D eigenvalue weighted by Gasteiger charge is -2.49. The number of anilines is 1. The van der Waals surface area contributed by atoms with E-state index in [1.165, 1.54) is 5.56 Å². The number of piperidine rings is 1. The molecule has 2 N–H and O–H groups in total. The molecule has 6 heteroatoms. The fourth-order valence-electron chi connectivity index (χ4n) is 5.09. The highest BCUT2D eigenvalue weighted by Crippen LogP contribution is 2.35. The second kappa shape index (κ2) is 8.00. The number of pyridine rings is 1. The van der Waals surface area contributed by atoms with Gasteiger partial charge in [-0.15, -0.1) is 10.2 Å². The third-order valence-corrected chi connectivity index (χ3v) is 6.49. The zero-order valence-electron chi connectivity index (χ0n) is 20.3. The Balaban J connectivity index is 1.62. The van der Waals surface area contributed by atoms with Crippen LogP contribution in [0.1, 0.15) is 65.9 Å². The number of hydrogen-bond acceptors (Lipinski definition) is 6. The summed E-state index contributed by atoms with van der Waals surface area (Å²) in [6.07, 6.45) is 3.94. The standard InChI is InChI=1S/C26H35N5O/c1-16(2)18-10-17-11-20(23(32)12-22(17)27-15-18)21-8-9-24(29-28-21)31(7)19-13-25(3,4)30-26(5,6)14-19/h8-12,15-16,19,30,32H,13-14H2,1-7H3. The first-order chi connectivity index (χ1) is 14.9. The van der Waals surface area contributed by atoms with Gasteiger partial charge in [0.1, 0.15) is 5.75 Å². The van der Waals surface area contributed by atoms with Gasteiger partial charge in [0.05, 0.1) is 11.2 Å². The van der Waals surface area contributed by atoms with E-state index >= 15 is 0 Å². The number of hydrogen-bond donors (Lipinski definition) is 2. The van der Waals surface area contributed by atoms with Crippen molar-refractivity contribution in [3.05, 3.63) is 42.1 Å². The van der Waals surface area contributed by atoms with Gasteiger partial charge < -0.3 is 15.3 Å². The molecule has 0 unspecified atom stereocenters. The molecule has 3 aromatic rings. The molecule has 0 saturated carbocycles. The summed E-state index contributed by atoms with van der Waals surface area (Å²) in [4.78, 5) is 6.74. The Kier molecular flexibility index (Phi) is 5.61. The Morgan fingerprint density at radius 1 is 1.03 bits per heavy atom. The minimum absolute atomic E-state index is 0.0633. The van der Waals surface area contributed by atoms with Gasteiger partial charge in [-0.3, -0.25) is 4.98 Å². The predicted octanol–water partition coefficient (Wildman–Crippen LogP) is 5.27. The average Bonchev–Trinajstić information content (AvgIpc) is 2.70. The molecule has 170 valence electrons. The maximum Gasteiger partial charge on any atom is 0.151 e. The highest BCUT2D eigenvalue weighted by atomic mass is 16.3. The van der Waals surface area contributed by atoms with E-state index in [-0.39, 0.29) is 16.8 Å². The van der Waals surface area contributed by atoms with Crippen LogP contribution in [0.2, 0.25) is 0 Å². The van der Waals surface area contributed by atoms with E-state index in [9.17, 15) is 5.11 Å². The van der Waals surface area contributed by atoms with Crippen molar-refractivity contribution in [2.75, 3.05) is 11.9 Å². The van der Waals surface area contributed by atoms with Gasteiger partial charge in [0.15, 0.2) is 5.82 Å². The SMILES string of the molecule is CC(C)c1cnc2cc(O)c(-c3ccc(N(C)C4CC(C)(C)NC(C)(C)C4)nn3)cc2c1. The summed E-state index contributed by atoms with van der Waals surface area (Å²) in [5, 5.41) is 24.3. The van der Waals surface area contributed by atoms with Crippen molar-refractivity contribution in [2.45, 2.75) is 77.4 Å². The van der Waals surface area contributed by atoms with Gasteiger partial charge in [-0.1, -0.05) is 13.8 Å². The molecule has 6 nitrogen and oxygen atoms in total. The van der Waals surface area contributed by atoms with Crippen molar-refractivity contribution >= 4 is 16.7 Å². The van der Waals surface area contributed by atoms with Gasteiger partial charge in [0.25, 0.3) is 0 Å². The molecule has 1 aliphatic heterocycles. The molecule has 0 radical (unpaired) electrons. The van der Waals surface area contributed by atoms with Crippen molar-refractivity contribution in [3.8, 4) is 17.0 Å². The first-order valence-corrected chi connectivity index (χ1v) is 11.4. The summed E-state index contributed by atoms with van der Waals surface area (Å²) >= 11 is 0. The largest absolute Gasteiger partial charge is 0.507 e. The van der Waals surface area contributed by atoms with Gasteiger partial charge in [-0.2, -0.15) is 0 Å². The number of aromatic nitrogens is 3. The Hall–Kier alpha value is -2.73. The number of rotatable bonds is 4. The zero-order chi connectivity index (χ0) is 23.3. The second-order valence-corrected chi connectivity index (χ2v) is 10.8. The molecule has 0 atom stereocenters. The number of nitrogens with zero attached hydrogens (tertiary/aromatic N) is 4. The summed E-state index contributed by atoms with van der Waals surface area (Å²) < 4.78 is 0. The summed E-state index contributed by atoms with van der Waals surface area (Å²) in [6.45, 7) is 13.3. The normalized spacial score (nSPS) is 18.2. The topological polar surface area (TPSA) is 74.2 Å². The van der Waals surface area contributed by atoms with E-state index in [0.29, 0.717) is 23.2 Å². The molecule has 0 aliphatic carbocycles. The molecule has 0 spiro atoms. The van der Waals surface area contributed by atoms with E-state index in [2.05, 4.69) is 80.1 Å². The Bertz CT molecular complexity index is 1110. The number of aromatic hydroxyl groups is 1. The van der Waals surface area contributed by atoms with Gasteiger partial charge >= 0.3 is 0 Å². The van der Waals surface area contributed by atoms with Crippen LogP contribution in [-0.2, 0) is 0 Å². The van der Waals surface area contributed by atoms with Gasteiger partial charge in [-0.25, -0.2) is 0 Å². The summed E-state index contributed by atoms with van der Waals surface area (Å²) in [6, 6.07) is 10.1. The third-order valence-electron chi connectivity index (χ3n) is 6.49. The van der Waals surface area contributed by atoms with Crippen molar-refractivity contribution in [2.24, 2.45) is 0 Å². The molecule has 1 aromatic carbocycles. The van der Waals surface area contributed by atoms with E-state index in [1.54, 1.807) is 6.07 Å². The Morgan fingerprint density at radius 2 is 1.72 bits per heavy atom. The van der Waals surface area contributed by atoms with Crippen LogP contribution >= 0.6 is 0 Å². The molecule has 32 heavy (non-hydrogen) atoms. The smallest absolute Gasteiger partial charge is 0.151 e. The molecular formula is C26H35N5O. The first kappa shape index (κ1) is 22.5. The van der Waals surface area contributed by atoms with Crippen LogP contribution in [0.5, 0.6) is 5.75 Å². The number of fused-ring (bicyclic) bond motifs is 1. The van der Waals surface area contributed by atoms with Gasteiger partial charge in [-0.05, 0) is 76.3 Å².